The Labute approximate surface area is 477 Å². The predicted octanol–water partition coefficient (Wildman–Crippen LogP) is 20.7. The van der Waals surface area contributed by atoms with Crippen LogP contribution in [0.4, 0.5) is 0 Å². The summed E-state index contributed by atoms with van der Waals surface area (Å²) in [6.45, 7) is 17.4. The molecule has 0 saturated heterocycles. The summed E-state index contributed by atoms with van der Waals surface area (Å²) < 4.78 is 4.70. The van der Waals surface area contributed by atoms with Crippen LogP contribution in [0.1, 0.15) is 401 Å². The molecule has 0 amide bonds. The van der Waals surface area contributed by atoms with Crippen LogP contribution in [0.25, 0.3) is 0 Å². The molecule has 5 heteroatoms. The van der Waals surface area contributed by atoms with Crippen molar-refractivity contribution in [3.63, 3.8) is 0 Å². The molecular weight excluding hydrogens is 945 g/mol. The Morgan fingerprint density at radius 3 is 0.732 bits per heavy atom. The molecule has 0 aliphatic carbocycles. The minimum absolute atomic E-state index is 0. The molecule has 0 unspecified atom stereocenters. The number of hydrogen-bond donors (Lipinski definition) is 1. The average molecular weight is 1080 g/mol. The summed E-state index contributed by atoms with van der Waals surface area (Å²) in [7, 11) is 0. The monoisotopic (exact) mass is 1080 g/mol. The summed E-state index contributed by atoms with van der Waals surface area (Å²) in [6.07, 6.45) is 76.3. The fraction of sp³-hybridized carbons (Fsp3) is 0.970. The third-order valence-corrected chi connectivity index (χ3v) is 14.9. The second kappa shape index (κ2) is 74.9. The van der Waals surface area contributed by atoms with E-state index in [1.807, 2.05) is 6.92 Å². The van der Waals surface area contributed by atoms with Crippen LogP contribution in [0.15, 0.2) is 0 Å². The van der Waals surface area contributed by atoms with Gasteiger partial charge in [0, 0.05) is 6.42 Å². The summed E-state index contributed by atoms with van der Waals surface area (Å²) >= 11 is 0. The molecule has 0 aromatic carbocycles. The molecule has 3 nitrogen and oxygen atoms in total. The molecule has 0 saturated carbocycles. The van der Waals surface area contributed by atoms with Gasteiger partial charge in [-0.05, 0) is 32.6 Å². The number of carbonyl (C=O) groups is 1. The van der Waals surface area contributed by atoms with Crippen molar-refractivity contribution in [3.05, 3.63) is 6.92 Å². The van der Waals surface area contributed by atoms with E-state index in [2.05, 4.69) is 41.5 Å². The van der Waals surface area contributed by atoms with Crippen LogP contribution in [0.3, 0.4) is 0 Å². The van der Waals surface area contributed by atoms with Crippen molar-refractivity contribution in [3.8, 4) is 0 Å². The largest absolute Gasteiger partial charge is 2.00 e. The van der Waals surface area contributed by atoms with Gasteiger partial charge in [0.2, 0.25) is 0 Å². The van der Waals surface area contributed by atoms with Gasteiger partial charge < -0.3 is 33.7 Å². The first-order chi connectivity index (χ1) is 33.9. The SMILES string of the molecule is CCCCC(=O)OCC.CCCCCCCCCCCCCCCCCCC(O)(CCCC)CCCCCCCCCCCCCCCCCC.[Br-].[CH2-]CCCCCCCCCCCCCCCCC.[Mg+2]. The zero-order chi connectivity index (χ0) is 51.1. The van der Waals surface area contributed by atoms with Gasteiger partial charge in [0.25, 0.3) is 0 Å². The Hall–Kier alpha value is 0.676. The minimum atomic E-state index is -0.373. The second-order valence-corrected chi connectivity index (χ2v) is 22.1. The van der Waals surface area contributed by atoms with E-state index in [1.165, 1.54) is 315 Å². The first kappa shape index (κ1) is 80.5. The van der Waals surface area contributed by atoms with Crippen molar-refractivity contribution in [2.24, 2.45) is 0 Å². The molecule has 1 N–H and O–H groups in total. The molecule has 0 aliphatic heterocycles. The summed E-state index contributed by atoms with van der Waals surface area (Å²) in [6, 6.07) is 0. The van der Waals surface area contributed by atoms with E-state index in [-0.39, 0.29) is 51.6 Å². The van der Waals surface area contributed by atoms with Gasteiger partial charge in [0.05, 0.1) is 12.2 Å². The van der Waals surface area contributed by atoms with Gasteiger partial charge in [0.15, 0.2) is 0 Å². The van der Waals surface area contributed by atoms with Gasteiger partial charge in [-0.1, -0.05) is 356 Å². The number of ether oxygens (including phenoxy) is 1. The molecule has 0 spiro atoms. The van der Waals surface area contributed by atoms with Crippen LogP contribution in [0.2, 0.25) is 0 Å². The van der Waals surface area contributed by atoms with E-state index in [9.17, 15) is 9.90 Å². The van der Waals surface area contributed by atoms with E-state index in [0.29, 0.717) is 13.0 Å². The Kier molecular flexibility index (Phi) is 85.0. The molecule has 0 aliphatic rings. The molecular formula is C66H135BrMgO3. The topological polar surface area (TPSA) is 46.5 Å². The number of halogens is 1. The van der Waals surface area contributed by atoms with Crippen LogP contribution >= 0.6 is 0 Å². The first-order valence-electron chi connectivity index (χ1n) is 32.6. The number of unbranched alkanes of at least 4 members (excludes halogenated alkanes) is 47. The van der Waals surface area contributed by atoms with Gasteiger partial charge in [0.1, 0.15) is 0 Å². The van der Waals surface area contributed by atoms with Crippen molar-refractivity contribution in [2.75, 3.05) is 6.61 Å². The van der Waals surface area contributed by atoms with Crippen molar-refractivity contribution in [2.45, 2.75) is 407 Å². The molecule has 426 valence electrons. The van der Waals surface area contributed by atoms with Crippen molar-refractivity contribution in [1.82, 2.24) is 0 Å². The van der Waals surface area contributed by atoms with Crippen LogP contribution in [0.5, 0.6) is 0 Å². The zero-order valence-electron chi connectivity index (χ0n) is 50.4. The second-order valence-electron chi connectivity index (χ2n) is 22.1. The standard InChI is InChI=1S/C41H84O.C18H37.C7H14O2.BrH.Mg/c1-4-7-10-12-14-16-18-20-22-24-26-28-30-32-34-36-39-41(42,38-9-6-3)40-37-35-33-31-29-27-25-23-21-19-17-15-13-11-8-5-2;1-3-5-7-9-11-13-15-17-18-16-14-12-10-8-6-4-2;1-3-5-6-7(8)9-4-2;;/h42H,4-40H2,1-3H3;1,3-18H2,2H3;3-6H2,1-2H3;1H;/q;-1;;;+2/p-1. The maximum absolute atomic E-state index is 11.4. The Morgan fingerprint density at radius 1 is 0.324 bits per heavy atom. The normalized spacial score (nSPS) is 11.0. The Balaban J connectivity index is -0.000000410. The molecule has 0 fully saturated rings. The smallest absolute Gasteiger partial charge is 1.00 e. The number of carbonyl (C=O) groups excluding carboxylic acids is 1. The number of aliphatic hydroxyl groups is 1. The van der Waals surface area contributed by atoms with Crippen molar-refractivity contribution >= 4 is 29.0 Å². The summed E-state index contributed by atoms with van der Waals surface area (Å²) in [5.74, 6) is -0.0700. The van der Waals surface area contributed by atoms with Crippen molar-refractivity contribution in [1.29, 1.82) is 0 Å². The van der Waals surface area contributed by atoms with Gasteiger partial charge in [-0.15, -0.1) is 0 Å². The van der Waals surface area contributed by atoms with Crippen LogP contribution < -0.4 is 17.0 Å². The Morgan fingerprint density at radius 2 is 0.521 bits per heavy atom. The first-order valence-corrected chi connectivity index (χ1v) is 32.6. The molecule has 0 aromatic heterocycles. The summed E-state index contributed by atoms with van der Waals surface area (Å²) in [5.41, 5.74) is -0.373. The maximum Gasteiger partial charge on any atom is 2.00 e. The zero-order valence-corrected chi connectivity index (χ0v) is 53.4. The quantitative estimate of drug-likeness (QED) is 0.0286. The number of rotatable bonds is 56. The molecule has 0 heterocycles. The van der Waals surface area contributed by atoms with Gasteiger partial charge in [-0.3, -0.25) is 4.79 Å². The number of hydrogen-bond acceptors (Lipinski definition) is 3. The van der Waals surface area contributed by atoms with E-state index >= 15 is 0 Å². The fourth-order valence-corrected chi connectivity index (χ4v) is 9.99. The Bertz CT molecular complexity index is 833. The average Bonchev–Trinajstić information content (AvgIpc) is 3.35. The molecule has 0 rings (SSSR count). The summed E-state index contributed by atoms with van der Waals surface area (Å²) in [5, 5.41) is 11.4. The van der Waals surface area contributed by atoms with Gasteiger partial charge in [-0.2, -0.15) is 6.42 Å². The predicted molar refractivity (Wildman–Crippen MR) is 320 cm³/mol. The molecule has 0 bridgehead atoms. The maximum atomic E-state index is 11.4. The van der Waals surface area contributed by atoms with E-state index in [0.717, 1.165) is 38.5 Å². The fourth-order valence-electron chi connectivity index (χ4n) is 9.99. The van der Waals surface area contributed by atoms with Crippen molar-refractivity contribution < 1.29 is 31.6 Å². The molecule has 0 aromatic rings. The van der Waals surface area contributed by atoms with Crippen LogP contribution in [-0.2, 0) is 9.53 Å². The minimum Gasteiger partial charge on any atom is -1.00 e. The molecule has 71 heavy (non-hydrogen) atoms. The van der Waals surface area contributed by atoms with E-state index in [1.54, 1.807) is 0 Å². The number of esters is 1. The van der Waals surface area contributed by atoms with Crippen LogP contribution in [-0.4, -0.2) is 46.3 Å². The van der Waals surface area contributed by atoms with E-state index in [4.69, 9.17) is 4.74 Å². The van der Waals surface area contributed by atoms with Gasteiger partial charge >= 0.3 is 29.0 Å². The third kappa shape index (κ3) is 77.3. The molecule has 0 atom stereocenters. The third-order valence-electron chi connectivity index (χ3n) is 14.9. The summed E-state index contributed by atoms with van der Waals surface area (Å²) in [4.78, 5) is 10.6. The van der Waals surface area contributed by atoms with Gasteiger partial charge in [-0.25, -0.2) is 0 Å². The van der Waals surface area contributed by atoms with E-state index < -0.39 is 0 Å². The van der Waals surface area contributed by atoms with Crippen LogP contribution in [0, 0.1) is 6.92 Å². The molecule has 0 radical (unpaired) electrons.